The normalized spacial score (nSPS) is 82.5. The number of hydrogen-bond acceptors (Lipinski definition) is 2. The minimum absolute atomic E-state index is 0.616. The van der Waals surface area contributed by atoms with E-state index in [2.05, 4.69) is 36.6 Å². The van der Waals surface area contributed by atoms with Crippen molar-refractivity contribution in [1.82, 2.24) is 10.6 Å². The molecule has 0 aromatic heterocycles. The van der Waals surface area contributed by atoms with Gasteiger partial charge in [-0.2, -0.15) is 0 Å². The molecule has 17 unspecified atom stereocenters. The Bertz CT molecular complexity index is 1160. The van der Waals surface area contributed by atoms with Gasteiger partial charge in [0.15, 0.2) is 0 Å². The number of fused-ring (bicyclic) bond motifs is 7. The topological polar surface area (TPSA) is 24.1 Å². The zero-order valence-electron chi connectivity index (χ0n) is 21.2. The number of rotatable bonds is 0. The summed E-state index contributed by atoms with van der Waals surface area (Å²) >= 11 is 0. The van der Waals surface area contributed by atoms with Gasteiger partial charge in [-0.25, -0.2) is 0 Å². The van der Waals surface area contributed by atoms with Crippen LogP contribution in [0.5, 0.6) is 0 Å². The second-order valence-electron chi connectivity index (χ2n) is 17.2. The highest BCUT2D eigenvalue weighted by molar-refractivity contribution is 5.53. The number of nitrogens with one attached hydrogen (secondary N) is 2. The first-order valence-corrected chi connectivity index (χ1v) is 15.6. The highest BCUT2D eigenvalue weighted by Gasteiger charge is 3.01. The molecule has 34 heavy (non-hydrogen) atoms. The van der Waals surface area contributed by atoms with Crippen molar-refractivity contribution in [2.45, 2.75) is 89.3 Å². The van der Waals surface area contributed by atoms with Crippen LogP contribution >= 0.6 is 0 Å². The predicted octanol–water partition coefficient (Wildman–Crippen LogP) is 5.01. The smallest absolute Gasteiger partial charge is 0.0324 e. The Hall–Kier alpha value is -0.340. The Morgan fingerprint density at radius 1 is 0.853 bits per heavy atom. The van der Waals surface area contributed by atoms with E-state index in [-0.39, 0.29) is 0 Å². The van der Waals surface area contributed by atoms with E-state index in [4.69, 9.17) is 0 Å². The molecule has 0 aromatic carbocycles. The van der Waals surface area contributed by atoms with Gasteiger partial charge in [-0.1, -0.05) is 26.0 Å². The van der Waals surface area contributed by atoms with Crippen molar-refractivity contribution in [3.05, 3.63) is 12.2 Å². The van der Waals surface area contributed by atoms with Crippen LogP contribution in [0.2, 0.25) is 0 Å². The summed E-state index contributed by atoms with van der Waals surface area (Å²) < 4.78 is 0. The summed E-state index contributed by atoms with van der Waals surface area (Å²) in [6, 6.07) is 1.75. The third-order valence-corrected chi connectivity index (χ3v) is 17.5. The van der Waals surface area contributed by atoms with Crippen molar-refractivity contribution in [2.24, 2.45) is 86.3 Å². The molecule has 18 atom stereocenters. The van der Waals surface area contributed by atoms with Gasteiger partial charge >= 0.3 is 0 Å². The summed E-state index contributed by atoms with van der Waals surface area (Å²) in [5.41, 5.74) is 4.22. The first-order valence-electron chi connectivity index (χ1n) is 15.6. The van der Waals surface area contributed by atoms with Gasteiger partial charge in [-0.05, 0) is 139 Å². The van der Waals surface area contributed by atoms with Crippen LogP contribution in [0, 0.1) is 86.3 Å². The molecule has 0 radical (unpaired) electrons. The highest BCUT2D eigenvalue weighted by atomic mass is 15.3. The van der Waals surface area contributed by atoms with E-state index in [0.29, 0.717) is 11.0 Å². The zero-order valence-corrected chi connectivity index (χ0v) is 21.2. The van der Waals surface area contributed by atoms with Gasteiger partial charge in [0, 0.05) is 29.6 Å². The van der Waals surface area contributed by atoms with Crippen molar-refractivity contribution in [3.8, 4) is 0 Å². The lowest BCUT2D eigenvalue weighted by Crippen LogP contribution is -2.66. The largest absolute Gasteiger partial charge is 0.310 e. The molecule has 2 nitrogen and oxygen atoms in total. The molecule has 7 bridgehead atoms. The van der Waals surface area contributed by atoms with E-state index in [0.717, 1.165) is 92.9 Å². The van der Waals surface area contributed by atoms with Crippen molar-refractivity contribution in [3.63, 3.8) is 0 Å². The standard InChI is InChI=1S/C32H42N2/c1-15-7-20-17-8-28(20)11-22(28)34-26-24(23(15)21-10-27(21,26)2)16-9-29-12-30(29)14-33-32(30)13-31(32)19(25(17)31)6-4-3-5-18(16)29/h3-4,15-26,33-34H,5-14H2,1-2H3/b4-3-/t15-,16?,17?,18?,19?,20?,21?,22?,23?,24?,25?,26?,27?,28?,29?,30?,31?,32?/m1/s1. The summed E-state index contributed by atoms with van der Waals surface area (Å²) in [6.07, 6.45) is 19.4. The third-order valence-electron chi connectivity index (χ3n) is 17.5. The van der Waals surface area contributed by atoms with Gasteiger partial charge in [0.25, 0.3) is 0 Å². The summed E-state index contributed by atoms with van der Waals surface area (Å²) in [5.74, 6) is 10.4. The highest BCUT2D eigenvalue weighted by Crippen LogP contribution is 3.00. The van der Waals surface area contributed by atoms with E-state index >= 15 is 0 Å². The number of allylic oxidation sites excluding steroid dienone is 2. The van der Waals surface area contributed by atoms with Crippen LogP contribution in [-0.2, 0) is 0 Å². The van der Waals surface area contributed by atoms with Gasteiger partial charge in [0.1, 0.15) is 0 Å². The lowest BCUT2D eigenvalue weighted by atomic mass is 9.48. The van der Waals surface area contributed by atoms with Gasteiger partial charge in [-0.3, -0.25) is 0 Å². The van der Waals surface area contributed by atoms with E-state index in [1.165, 1.54) is 19.4 Å². The fourth-order valence-electron chi connectivity index (χ4n) is 16.1. The van der Waals surface area contributed by atoms with E-state index in [1.54, 1.807) is 44.9 Å². The van der Waals surface area contributed by atoms with Crippen LogP contribution in [-0.4, -0.2) is 24.2 Å². The summed E-state index contributed by atoms with van der Waals surface area (Å²) in [5, 5.41) is 8.82. The molecule has 2 N–H and O–H groups in total. The quantitative estimate of drug-likeness (QED) is 0.503. The van der Waals surface area contributed by atoms with Crippen LogP contribution in [0.25, 0.3) is 0 Å². The molecule has 2 heterocycles. The molecule has 180 valence electrons. The van der Waals surface area contributed by atoms with Crippen molar-refractivity contribution in [2.75, 3.05) is 6.54 Å². The average Bonchev–Trinajstić information content (AvgIpc) is 3.62. The maximum atomic E-state index is 4.56. The fraction of sp³-hybridized carbons (Fsp3) is 0.938. The van der Waals surface area contributed by atoms with Gasteiger partial charge in [0.05, 0.1) is 0 Å². The van der Waals surface area contributed by atoms with Crippen LogP contribution in [0.1, 0.15) is 71.6 Å². The molecule has 2 saturated heterocycles. The molecule has 5 spiro atoms. The van der Waals surface area contributed by atoms with Crippen molar-refractivity contribution in [1.29, 1.82) is 0 Å². The van der Waals surface area contributed by atoms with E-state index in [1.807, 2.05) is 0 Å². The molecule has 9 saturated carbocycles. The van der Waals surface area contributed by atoms with Crippen molar-refractivity contribution < 1.29 is 0 Å². The maximum absolute atomic E-state index is 4.56. The monoisotopic (exact) mass is 454 g/mol. The Morgan fingerprint density at radius 2 is 1.74 bits per heavy atom. The van der Waals surface area contributed by atoms with Gasteiger partial charge < -0.3 is 10.6 Å². The van der Waals surface area contributed by atoms with Crippen LogP contribution in [0.4, 0.5) is 0 Å². The summed E-state index contributed by atoms with van der Waals surface area (Å²) in [4.78, 5) is 0. The van der Waals surface area contributed by atoms with E-state index < -0.39 is 0 Å². The maximum Gasteiger partial charge on any atom is 0.0324 e. The Balaban J connectivity index is 1.10. The van der Waals surface area contributed by atoms with Crippen LogP contribution < -0.4 is 10.6 Å². The number of hydrogen-bond donors (Lipinski definition) is 2. The third kappa shape index (κ3) is 1.35. The lowest BCUT2D eigenvalue weighted by molar-refractivity contribution is -0.0839. The van der Waals surface area contributed by atoms with Gasteiger partial charge in [0.2, 0.25) is 0 Å². The minimum atomic E-state index is 0.616. The molecular formula is C32H42N2. The SMILES string of the molecule is C[C@@H]1CC2C3CC24CC4NC2C(C4CC56CC57CNC75CC57C(C/C=C\CC46)C37)C1C1CC12C. The second kappa shape index (κ2) is 4.46. The fourth-order valence-corrected chi connectivity index (χ4v) is 16.1. The molecule has 11 fully saturated rings. The lowest BCUT2D eigenvalue weighted by Gasteiger charge is -2.59. The van der Waals surface area contributed by atoms with Crippen LogP contribution in [0.15, 0.2) is 12.2 Å². The summed E-state index contributed by atoms with van der Waals surface area (Å²) in [7, 11) is 0. The Labute approximate surface area is 204 Å². The molecule has 2 aliphatic heterocycles. The average molecular weight is 455 g/mol. The van der Waals surface area contributed by atoms with Crippen LogP contribution in [0.3, 0.4) is 0 Å². The van der Waals surface area contributed by atoms with E-state index in [9.17, 15) is 0 Å². The molecular weight excluding hydrogens is 412 g/mol. The molecule has 12 aliphatic rings. The summed E-state index contributed by atoms with van der Waals surface area (Å²) in [6.45, 7) is 6.89. The molecule has 0 amide bonds. The Kier molecular flexibility index (Phi) is 2.36. The van der Waals surface area contributed by atoms with Crippen molar-refractivity contribution >= 4 is 0 Å². The first-order chi connectivity index (χ1) is 16.5. The molecule has 12 rings (SSSR count). The predicted molar refractivity (Wildman–Crippen MR) is 131 cm³/mol. The molecule has 10 aliphatic carbocycles. The minimum Gasteiger partial charge on any atom is -0.310 e. The Morgan fingerprint density at radius 3 is 2.59 bits per heavy atom. The second-order valence-corrected chi connectivity index (χ2v) is 17.2. The molecule has 0 aromatic rings. The zero-order chi connectivity index (χ0) is 21.8. The van der Waals surface area contributed by atoms with Gasteiger partial charge in [-0.15, -0.1) is 0 Å². The first kappa shape index (κ1) is 18.0. The molecule has 2 heteroatoms.